The number of furan rings is 1. The van der Waals surface area contributed by atoms with Crippen molar-refractivity contribution in [2.45, 2.75) is 19.9 Å². The maximum Gasteiger partial charge on any atom is 0.149 e. The van der Waals surface area contributed by atoms with E-state index in [0.717, 1.165) is 32.2 Å². The molecule has 92 valence electrons. The predicted molar refractivity (Wildman–Crippen MR) is 78.8 cm³/mol. The van der Waals surface area contributed by atoms with Gasteiger partial charge in [-0.3, -0.25) is 0 Å². The van der Waals surface area contributed by atoms with Crippen molar-refractivity contribution in [3.63, 3.8) is 0 Å². The minimum atomic E-state index is -0.0904. The molecule has 1 atom stereocenters. The maximum atomic E-state index is 5.94. The third kappa shape index (κ3) is 1.58. The van der Waals surface area contributed by atoms with E-state index < -0.39 is 0 Å². The van der Waals surface area contributed by atoms with Crippen LogP contribution in [-0.4, -0.2) is 0 Å². The highest BCUT2D eigenvalue weighted by molar-refractivity contribution is 9.10. The summed E-state index contributed by atoms with van der Waals surface area (Å²) in [6.07, 6.45) is 0. The van der Waals surface area contributed by atoms with E-state index in [1.165, 1.54) is 5.39 Å². The van der Waals surface area contributed by atoms with Crippen LogP contribution in [0.3, 0.4) is 0 Å². The summed E-state index contributed by atoms with van der Waals surface area (Å²) in [6.45, 7) is 4.00. The maximum absolute atomic E-state index is 5.94. The Kier molecular flexibility index (Phi) is 2.68. The number of hydrogen-bond donors (Lipinski definition) is 1. The molecule has 2 nitrogen and oxygen atoms in total. The molecule has 3 rings (SSSR count). The van der Waals surface area contributed by atoms with Crippen molar-refractivity contribution in [1.29, 1.82) is 0 Å². The molecule has 0 aliphatic heterocycles. The number of rotatable bonds is 1. The Morgan fingerprint density at radius 2 is 1.94 bits per heavy atom. The van der Waals surface area contributed by atoms with Crippen LogP contribution in [0, 0.1) is 6.92 Å². The summed E-state index contributed by atoms with van der Waals surface area (Å²) in [6, 6.07) is 10.3. The minimum Gasteiger partial charge on any atom is -0.458 e. The van der Waals surface area contributed by atoms with Crippen molar-refractivity contribution in [1.82, 2.24) is 0 Å². The van der Waals surface area contributed by atoms with Crippen LogP contribution in [0.5, 0.6) is 0 Å². The van der Waals surface area contributed by atoms with E-state index in [0.29, 0.717) is 0 Å². The zero-order valence-corrected chi connectivity index (χ0v) is 11.9. The summed E-state index contributed by atoms with van der Waals surface area (Å²) in [5, 5.41) is 3.50. The second-order valence-electron chi connectivity index (χ2n) is 4.67. The molecule has 2 N–H and O–H groups in total. The normalized spacial score (nSPS) is 13.3. The highest BCUT2D eigenvalue weighted by Gasteiger charge is 2.17. The first-order chi connectivity index (χ1) is 8.59. The number of fused-ring (bicyclic) bond motifs is 2. The van der Waals surface area contributed by atoms with Gasteiger partial charge in [-0.15, -0.1) is 0 Å². The highest BCUT2D eigenvalue weighted by atomic mass is 79.9. The van der Waals surface area contributed by atoms with Crippen molar-refractivity contribution < 1.29 is 4.42 Å². The highest BCUT2D eigenvalue weighted by Crippen LogP contribution is 2.38. The van der Waals surface area contributed by atoms with E-state index in [-0.39, 0.29) is 6.04 Å². The Labute approximate surface area is 114 Å². The van der Waals surface area contributed by atoms with Gasteiger partial charge in [0, 0.05) is 10.9 Å². The van der Waals surface area contributed by atoms with Crippen molar-refractivity contribution in [3.05, 3.63) is 46.1 Å². The predicted octanol–water partition coefficient (Wildman–Crippen LogP) is 4.68. The quantitative estimate of drug-likeness (QED) is 0.709. The van der Waals surface area contributed by atoms with Crippen LogP contribution < -0.4 is 5.73 Å². The van der Waals surface area contributed by atoms with Crippen molar-refractivity contribution in [2.75, 3.05) is 0 Å². The number of halogens is 1. The van der Waals surface area contributed by atoms with Crippen molar-refractivity contribution >= 4 is 37.7 Å². The van der Waals surface area contributed by atoms with Gasteiger partial charge in [0.15, 0.2) is 0 Å². The molecule has 1 heterocycles. The number of hydrogen-bond acceptors (Lipinski definition) is 2. The van der Waals surface area contributed by atoms with Crippen molar-refractivity contribution in [3.8, 4) is 0 Å². The fourth-order valence-electron chi connectivity index (χ4n) is 2.42. The van der Waals surface area contributed by atoms with Gasteiger partial charge in [-0.25, -0.2) is 0 Å². The molecule has 18 heavy (non-hydrogen) atoms. The molecule has 0 saturated heterocycles. The molecule has 0 bridgehead atoms. The Morgan fingerprint density at radius 3 is 2.67 bits per heavy atom. The monoisotopic (exact) mass is 303 g/mol. The molecule has 3 aromatic rings. The molecule has 2 aromatic carbocycles. The lowest BCUT2D eigenvalue weighted by Gasteiger charge is -2.01. The lowest BCUT2D eigenvalue weighted by atomic mass is 10.0. The average Bonchev–Trinajstić information content (AvgIpc) is 2.68. The number of benzene rings is 2. The first-order valence-corrected chi connectivity index (χ1v) is 6.74. The Balaban J connectivity index is 2.49. The van der Waals surface area contributed by atoms with Crippen LogP contribution in [-0.2, 0) is 0 Å². The molecule has 3 heteroatoms. The van der Waals surface area contributed by atoms with E-state index in [1.807, 2.05) is 19.1 Å². The molecule has 1 aromatic heterocycles. The summed E-state index contributed by atoms with van der Waals surface area (Å²) < 4.78 is 6.93. The minimum absolute atomic E-state index is 0.0904. The third-order valence-electron chi connectivity index (χ3n) is 3.34. The van der Waals surface area contributed by atoms with Crippen LogP contribution in [0.15, 0.2) is 39.2 Å². The van der Waals surface area contributed by atoms with Gasteiger partial charge in [0.2, 0.25) is 0 Å². The molecule has 1 unspecified atom stereocenters. The molecule has 0 fully saturated rings. The summed E-state index contributed by atoms with van der Waals surface area (Å²) in [4.78, 5) is 0. The fourth-order valence-corrected chi connectivity index (χ4v) is 3.07. The van der Waals surface area contributed by atoms with Gasteiger partial charge in [-0.1, -0.05) is 24.3 Å². The fraction of sp³-hybridized carbons (Fsp3) is 0.200. The SMILES string of the molecule is Cc1c(C(C)N)oc2c(Br)c3ccccc3cc12. The first-order valence-electron chi connectivity index (χ1n) is 5.95. The van der Waals surface area contributed by atoms with E-state index in [2.05, 4.69) is 41.1 Å². The van der Waals surface area contributed by atoms with E-state index in [9.17, 15) is 0 Å². The van der Waals surface area contributed by atoms with Crippen molar-refractivity contribution in [2.24, 2.45) is 5.73 Å². The van der Waals surface area contributed by atoms with Gasteiger partial charge in [-0.2, -0.15) is 0 Å². The molecule has 0 saturated carbocycles. The van der Waals surface area contributed by atoms with Crippen LogP contribution >= 0.6 is 15.9 Å². The first kappa shape index (κ1) is 11.8. The third-order valence-corrected chi connectivity index (χ3v) is 4.13. The van der Waals surface area contributed by atoms with Gasteiger partial charge in [0.25, 0.3) is 0 Å². The van der Waals surface area contributed by atoms with Crippen LogP contribution in [0.2, 0.25) is 0 Å². The van der Waals surface area contributed by atoms with Gasteiger partial charge in [0.05, 0.1) is 10.5 Å². The largest absolute Gasteiger partial charge is 0.458 e. The standard InChI is InChI=1S/C15H14BrNO/c1-8-12-7-10-5-3-4-6-11(10)13(16)15(12)18-14(8)9(2)17/h3-7,9H,17H2,1-2H3. The summed E-state index contributed by atoms with van der Waals surface area (Å²) in [5.74, 6) is 0.862. The molecule has 0 radical (unpaired) electrons. The lowest BCUT2D eigenvalue weighted by molar-refractivity contribution is 0.508. The number of nitrogens with two attached hydrogens (primary N) is 1. The topological polar surface area (TPSA) is 39.2 Å². The van der Waals surface area contributed by atoms with Crippen LogP contribution in [0.4, 0.5) is 0 Å². The second-order valence-corrected chi connectivity index (χ2v) is 5.46. The zero-order valence-electron chi connectivity index (χ0n) is 10.3. The van der Waals surface area contributed by atoms with Gasteiger partial charge in [0.1, 0.15) is 11.3 Å². The van der Waals surface area contributed by atoms with Gasteiger partial charge in [-0.05, 0) is 46.6 Å². The Morgan fingerprint density at radius 1 is 1.22 bits per heavy atom. The van der Waals surface area contributed by atoms with E-state index in [4.69, 9.17) is 10.2 Å². The zero-order chi connectivity index (χ0) is 12.9. The second kappa shape index (κ2) is 4.11. The summed E-state index contributed by atoms with van der Waals surface area (Å²) >= 11 is 3.64. The molecular formula is C15H14BrNO. The van der Waals surface area contributed by atoms with E-state index in [1.54, 1.807) is 0 Å². The molecular weight excluding hydrogens is 290 g/mol. The Hall–Kier alpha value is -1.32. The average molecular weight is 304 g/mol. The molecule has 0 aliphatic carbocycles. The van der Waals surface area contributed by atoms with Crippen LogP contribution in [0.25, 0.3) is 21.7 Å². The summed E-state index contributed by atoms with van der Waals surface area (Å²) in [7, 11) is 0. The smallest absolute Gasteiger partial charge is 0.149 e. The molecule has 0 amide bonds. The molecule has 0 spiro atoms. The van der Waals surface area contributed by atoms with Gasteiger partial charge >= 0.3 is 0 Å². The molecule has 0 aliphatic rings. The van der Waals surface area contributed by atoms with Gasteiger partial charge < -0.3 is 10.2 Å². The van der Waals surface area contributed by atoms with Crippen LogP contribution in [0.1, 0.15) is 24.3 Å². The lowest BCUT2D eigenvalue weighted by Crippen LogP contribution is -2.04. The van der Waals surface area contributed by atoms with E-state index >= 15 is 0 Å². The Bertz CT molecular complexity index is 743. The number of aryl methyl sites for hydroxylation is 1. The summed E-state index contributed by atoms with van der Waals surface area (Å²) in [5.41, 5.74) is 7.96.